The van der Waals surface area contributed by atoms with Crippen LogP contribution in [0.1, 0.15) is 25.5 Å². The normalized spacial score (nSPS) is 16.7. The van der Waals surface area contributed by atoms with Crippen molar-refractivity contribution in [3.8, 4) is 17.2 Å². The number of hydrogen-bond donors (Lipinski definition) is 2. The van der Waals surface area contributed by atoms with Gasteiger partial charge in [-0.1, -0.05) is 0 Å². The van der Waals surface area contributed by atoms with E-state index in [1.54, 1.807) is 47.3 Å². The minimum atomic E-state index is -0.539. The van der Waals surface area contributed by atoms with Crippen molar-refractivity contribution >= 4 is 23.3 Å². The minimum absolute atomic E-state index is 0.274. The first-order valence-electron chi connectivity index (χ1n) is 7.72. The van der Waals surface area contributed by atoms with Crippen molar-refractivity contribution in [1.82, 2.24) is 10.6 Å². The first-order chi connectivity index (χ1) is 12.0. The van der Waals surface area contributed by atoms with Crippen molar-refractivity contribution < 1.29 is 23.7 Å². The van der Waals surface area contributed by atoms with Gasteiger partial charge in [0.25, 0.3) is 0 Å². The van der Waals surface area contributed by atoms with Crippen molar-refractivity contribution in [2.75, 3.05) is 27.9 Å². The molecule has 25 heavy (non-hydrogen) atoms. The zero-order chi connectivity index (χ0) is 18.6. The number of benzene rings is 1. The second-order valence-corrected chi connectivity index (χ2v) is 5.65. The molecule has 0 aliphatic carbocycles. The van der Waals surface area contributed by atoms with Gasteiger partial charge in [-0.3, -0.25) is 0 Å². The van der Waals surface area contributed by atoms with E-state index in [0.717, 1.165) is 0 Å². The van der Waals surface area contributed by atoms with Gasteiger partial charge in [-0.05, 0) is 32.1 Å². The number of carbonyl (C=O) groups is 1. The Hall–Kier alpha value is -2.48. The SMILES string of the molecule is CCOC(=O)C1=C(C)NC(=S)N[C@H]1c1cc(OC)c(OC)cc1OC. The van der Waals surface area contributed by atoms with Gasteiger partial charge in [0.2, 0.25) is 0 Å². The number of rotatable bonds is 6. The number of hydrogen-bond acceptors (Lipinski definition) is 6. The third-order valence-electron chi connectivity index (χ3n) is 3.81. The predicted molar refractivity (Wildman–Crippen MR) is 97.0 cm³/mol. The smallest absolute Gasteiger partial charge is 0.338 e. The van der Waals surface area contributed by atoms with Gasteiger partial charge in [-0.15, -0.1) is 0 Å². The highest BCUT2D eigenvalue weighted by Crippen LogP contribution is 2.40. The summed E-state index contributed by atoms with van der Waals surface area (Å²) in [5.41, 5.74) is 1.75. The molecule has 0 saturated carbocycles. The van der Waals surface area contributed by atoms with Crippen molar-refractivity contribution in [1.29, 1.82) is 0 Å². The Kier molecular flexibility index (Phi) is 6.08. The number of nitrogens with one attached hydrogen (secondary N) is 2. The van der Waals surface area contributed by atoms with Crippen LogP contribution in [0.3, 0.4) is 0 Å². The Labute approximate surface area is 152 Å². The van der Waals surface area contributed by atoms with Crippen molar-refractivity contribution in [3.63, 3.8) is 0 Å². The van der Waals surface area contributed by atoms with Crippen LogP contribution < -0.4 is 24.8 Å². The first kappa shape index (κ1) is 18.9. The number of thiocarbonyl (C=S) groups is 1. The van der Waals surface area contributed by atoms with Crippen molar-refractivity contribution in [3.05, 3.63) is 29.0 Å². The molecule has 0 aromatic heterocycles. The summed E-state index contributed by atoms with van der Waals surface area (Å²) in [5, 5.41) is 6.47. The average molecular weight is 366 g/mol. The molecule has 7 nitrogen and oxygen atoms in total. The summed E-state index contributed by atoms with van der Waals surface area (Å²) >= 11 is 5.25. The third kappa shape index (κ3) is 3.79. The number of allylic oxidation sites excluding steroid dienone is 1. The molecule has 8 heteroatoms. The maximum atomic E-state index is 12.5. The highest BCUT2D eigenvalue weighted by molar-refractivity contribution is 7.80. The minimum Gasteiger partial charge on any atom is -0.496 e. The summed E-state index contributed by atoms with van der Waals surface area (Å²) in [5.74, 6) is 1.15. The van der Waals surface area contributed by atoms with Gasteiger partial charge >= 0.3 is 5.97 Å². The molecule has 0 fully saturated rings. The quantitative estimate of drug-likeness (QED) is 0.585. The van der Waals surface area contributed by atoms with Crippen LogP contribution in [0, 0.1) is 0 Å². The summed E-state index contributed by atoms with van der Waals surface area (Å²) in [6, 6.07) is 2.93. The van der Waals surface area contributed by atoms with Gasteiger partial charge < -0.3 is 29.6 Å². The topological polar surface area (TPSA) is 78.1 Å². The monoisotopic (exact) mass is 366 g/mol. The van der Waals surface area contributed by atoms with Gasteiger partial charge in [0.1, 0.15) is 5.75 Å². The van der Waals surface area contributed by atoms with Crippen LogP contribution in [-0.2, 0) is 9.53 Å². The fourth-order valence-electron chi connectivity index (χ4n) is 2.68. The van der Waals surface area contributed by atoms with Crippen LogP contribution in [0.2, 0.25) is 0 Å². The summed E-state index contributed by atoms with van der Waals surface area (Å²) < 4.78 is 21.4. The van der Waals surface area contributed by atoms with E-state index in [1.807, 2.05) is 0 Å². The largest absolute Gasteiger partial charge is 0.496 e. The summed E-state index contributed by atoms with van der Waals surface area (Å²) in [6.07, 6.45) is 0. The molecule has 1 aromatic rings. The van der Waals surface area contributed by atoms with E-state index in [1.165, 1.54) is 0 Å². The Morgan fingerprint density at radius 1 is 1.12 bits per heavy atom. The third-order valence-corrected chi connectivity index (χ3v) is 4.03. The highest BCUT2D eigenvalue weighted by Gasteiger charge is 2.33. The van der Waals surface area contributed by atoms with Crippen LogP contribution in [0.15, 0.2) is 23.4 Å². The highest BCUT2D eigenvalue weighted by atomic mass is 32.1. The predicted octanol–water partition coefficient (Wildman–Crippen LogP) is 2.07. The molecule has 1 aromatic carbocycles. The lowest BCUT2D eigenvalue weighted by molar-refractivity contribution is -0.139. The molecule has 0 saturated heterocycles. The molecule has 2 N–H and O–H groups in total. The summed E-state index contributed by atoms with van der Waals surface area (Å²) in [4.78, 5) is 12.5. The Balaban J connectivity index is 2.62. The molecular formula is C17H22N2O5S. The van der Waals surface area contributed by atoms with Crippen LogP contribution in [0.25, 0.3) is 0 Å². The van der Waals surface area contributed by atoms with Crippen LogP contribution in [0.4, 0.5) is 0 Å². The lowest BCUT2D eigenvalue weighted by atomic mass is 9.94. The standard InChI is InChI=1S/C17H22N2O5S/c1-6-24-16(20)14-9(2)18-17(25)19-15(14)10-7-12(22-4)13(23-5)8-11(10)21-3/h7-8,15H,6H2,1-5H3,(H2,18,19,25)/t15-/m0/s1. The van der Waals surface area contributed by atoms with Crippen LogP contribution >= 0.6 is 12.2 Å². The Morgan fingerprint density at radius 2 is 1.72 bits per heavy atom. The molecule has 0 radical (unpaired) electrons. The van der Waals surface area contributed by atoms with Gasteiger partial charge in [0.15, 0.2) is 16.6 Å². The average Bonchev–Trinajstić information content (AvgIpc) is 2.59. The fourth-order valence-corrected chi connectivity index (χ4v) is 2.96. The van der Waals surface area contributed by atoms with E-state index in [2.05, 4.69) is 10.6 Å². The summed E-state index contributed by atoms with van der Waals surface area (Å²) in [6.45, 7) is 3.81. The lowest BCUT2D eigenvalue weighted by Gasteiger charge is -2.31. The van der Waals surface area contributed by atoms with Crippen LogP contribution in [-0.4, -0.2) is 39.0 Å². The van der Waals surface area contributed by atoms with E-state index in [-0.39, 0.29) is 6.61 Å². The molecule has 136 valence electrons. The van der Waals surface area contributed by atoms with Gasteiger partial charge in [0.05, 0.1) is 39.6 Å². The molecule has 0 unspecified atom stereocenters. The Morgan fingerprint density at radius 3 is 2.28 bits per heavy atom. The van der Waals surface area contributed by atoms with Gasteiger partial charge in [-0.25, -0.2) is 4.79 Å². The van der Waals surface area contributed by atoms with Gasteiger partial charge in [-0.2, -0.15) is 0 Å². The lowest BCUT2D eigenvalue weighted by Crippen LogP contribution is -2.45. The number of ether oxygens (including phenoxy) is 4. The molecule has 1 atom stereocenters. The molecule has 0 spiro atoms. The molecule has 1 aliphatic heterocycles. The molecule has 2 rings (SSSR count). The molecule has 0 amide bonds. The maximum Gasteiger partial charge on any atom is 0.338 e. The van der Waals surface area contributed by atoms with E-state index < -0.39 is 12.0 Å². The second-order valence-electron chi connectivity index (χ2n) is 5.24. The zero-order valence-corrected chi connectivity index (χ0v) is 15.7. The van der Waals surface area contributed by atoms with Crippen molar-refractivity contribution in [2.45, 2.75) is 19.9 Å². The first-order valence-corrected chi connectivity index (χ1v) is 8.12. The fraction of sp³-hybridized carbons (Fsp3) is 0.412. The molecular weight excluding hydrogens is 344 g/mol. The van der Waals surface area contributed by atoms with E-state index in [9.17, 15) is 4.79 Å². The number of esters is 1. The number of methoxy groups -OCH3 is 3. The number of carbonyl (C=O) groups excluding carboxylic acids is 1. The summed E-state index contributed by atoms with van der Waals surface area (Å²) in [7, 11) is 4.63. The van der Waals surface area contributed by atoms with E-state index in [0.29, 0.717) is 39.2 Å². The molecule has 0 bridgehead atoms. The van der Waals surface area contributed by atoms with E-state index in [4.69, 9.17) is 31.2 Å². The molecule has 1 heterocycles. The molecule has 1 aliphatic rings. The second kappa shape index (κ2) is 8.06. The van der Waals surface area contributed by atoms with E-state index >= 15 is 0 Å². The Bertz CT molecular complexity index is 717. The zero-order valence-electron chi connectivity index (χ0n) is 14.9. The maximum absolute atomic E-state index is 12.5. The van der Waals surface area contributed by atoms with Crippen molar-refractivity contribution in [2.24, 2.45) is 0 Å². The van der Waals surface area contributed by atoms with Crippen LogP contribution in [0.5, 0.6) is 17.2 Å². The van der Waals surface area contributed by atoms with Gasteiger partial charge in [0, 0.05) is 17.3 Å².